The van der Waals surface area contributed by atoms with Crippen molar-refractivity contribution in [3.63, 3.8) is 0 Å². The van der Waals surface area contributed by atoms with Gasteiger partial charge in [-0.1, -0.05) is 6.07 Å². The Morgan fingerprint density at radius 3 is 2.59 bits per heavy atom. The van der Waals surface area contributed by atoms with E-state index < -0.39 is 35.1 Å². The monoisotopic (exact) mass is 678 g/mol. The van der Waals surface area contributed by atoms with Crippen molar-refractivity contribution >= 4 is 54.9 Å². The highest BCUT2D eigenvalue weighted by atomic mass is 32.2. The van der Waals surface area contributed by atoms with Crippen LogP contribution in [0.3, 0.4) is 0 Å². The van der Waals surface area contributed by atoms with Crippen LogP contribution in [0.2, 0.25) is 0 Å². The number of benzene rings is 2. The van der Waals surface area contributed by atoms with Crippen molar-refractivity contribution < 1.29 is 31.1 Å². The van der Waals surface area contributed by atoms with Gasteiger partial charge in [0.1, 0.15) is 34.4 Å². The lowest BCUT2D eigenvalue weighted by Crippen LogP contribution is -2.34. The Hall–Kier alpha value is -3.48. The van der Waals surface area contributed by atoms with Crippen LogP contribution in [0.5, 0.6) is 6.01 Å². The highest BCUT2D eigenvalue weighted by molar-refractivity contribution is 8.00. The molecule has 4 aromatic rings. The molecular weight excluding hydrogens is 651 g/mol. The molecule has 0 radical (unpaired) electrons. The van der Waals surface area contributed by atoms with Gasteiger partial charge in [0.25, 0.3) is 0 Å². The number of nitriles is 1. The third-order valence-corrected chi connectivity index (χ3v) is 11.6. The number of halogens is 6. The summed E-state index contributed by atoms with van der Waals surface area (Å²) >= 11 is 2.50. The molecule has 4 unspecified atom stereocenters. The average molecular weight is 679 g/mol. The molecule has 4 aliphatic heterocycles. The number of methoxy groups -OCH3 is 1. The molecule has 0 amide bonds. The Bertz CT molecular complexity index is 1880. The van der Waals surface area contributed by atoms with Crippen molar-refractivity contribution in [2.75, 3.05) is 43.1 Å². The first kappa shape index (κ1) is 31.1. The molecule has 15 heteroatoms. The van der Waals surface area contributed by atoms with Gasteiger partial charge in [0.2, 0.25) is 0 Å². The number of aromatic nitrogens is 2. The summed E-state index contributed by atoms with van der Waals surface area (Å²) in [4.78, 5) is 12.6. The second-order valence-electron chi connectivity index (χ2n) is 11.9. The summed E-state index contributed by atoms with van der Waals surface area (Å²) in [7, 11) is 1.29. The first-order valence-corrected chi connectivity index (χ1v) is 16.7. The molecule has 8 rings (SSSR count). The van der Waals surface area contributed by atoms with Crippen LogP contribution < -0.4 is 15.4 Å². The normalized spacial score (nSPS) is 24.0. The van der Waals surface area contributed by atoms with E-state index in [4.69, 9.17) is 10.5 Å². The summed E-state index contributed by atoms with van der Waals surface area (Å²) < 4.78 is 92.1. The van der Waals surface area contributed by atoms with E-state index in [0.717, 1.165) is 43.3 Å². The average Bonchev–Trinajstić information content (AvgIpc) is 3.85. The van der Waals surface area contributed by atoms with E-state index in [1.165, 1.54) is 20.0 Å². The quantitative estimate of drug-likeness (QED) is 0.229. The minimum absolute atomic E-state index is 0.0542. The first-order chi connectivity index (χ1) is 22.0. The molecule has 4 fully saturated rings. The van der Waals surface area contributed by atoms with Crippen LogP contribution in [0.1, 0.15) is 36.8 Å². The van der Waals surface area contributed by atoms with Gasteiger partial charge in [0, 0.05) is 52.5 Å². The third kappa shape index (κ3) is 5.18. The van der Waals surface area contributed by atoms with E-state index in [0.29, 0.717) is 35.7 Å². The summed E-state index contributed by atoms with van der Waals surface area (Å²) in [5, 5.41) is 9.57. The highest BCUT2D eigenvalue weighted by Crippen LogP contribution is 2.49. The lowest BCUT2D eigenvalue weighted by atomic mass is 9.92. The topological polar surface area (TPSA) is 91.3 Å². The SMILES string of the molecule is COc1nc(N2CC3CC2CS3)c2cc(C(F)(F)F)c(-c3ccc(F)c4sc(N)c(C#N)c34)c(F)c2n1.FC1CC2CCCN2C1. The second-order valence-corrected chi connectivity index (χ2v) is 14.3. The molecule has 2 aromatic carbocycles. The van der Waals surface area contributed by atoms with E-state index in [9.17, 15) is 27.2 Å². The Labute approximate surface area is 268 Å². The number of nitrogen functional groups attached to an aromatic ring is 1. The minimum atomic E-state index is -4.99. The molecule has 242 valence electrons. The molecular formula is C31H28F6N6OS2. The van der Waals surface area contributed by atoms with E-state index in [1.807, 2.05) is 11.0 Å². The summed E-state index contributed by atoms with van der Waals surface area (Å²) in [6.07, 6.45) is -1.32. The zero-order valence-corrected chi connectivity index (χ0v) is 26.1. The van der Waals surface area contributed by atoms with Crippen molar-refractivity contribution in [2.24, 2.45) is 0 Å². The van der Waals surface area contributed by atoms with Crippen molar-refractivity contribution in [2.45, 2.75) is 55.4 Å². The molecule has 6 heterocycles. The summed E-state index contributed by atoms with van der Waals surface area (Å²) in [5.74, 6) is -1.09. The van der Waals surface area contributed by atoms with Crippen molar-refractivity contribution in [3.05, 3.63) is 41.0 Å². The summed E-state index contributed by atoms with van der Waals surface area (Å²) in [5.41, 5.74) is 2.85. The first-order valence-electron chi connectivity index (χ1n) is 14.8. The number of thioether (sulfide) groups is 1. The number of nitrogens with zero attached hydrogens (tertiary/aromatic N) is 5. The number of nitrogens with two attached hydrogens (primary N) is 1. The van der Waals surface area contributed by atoms with E-state index in [2.05, 4.69) is 14.9 Å². The molecule has 2 N–H and O–H groups in total. The number of hydrogen-bond donors (Lipinski definition) is 1. The number of fused-ring (bicyclic) bond motifs is 5. The molecule has 4 aliphatic rings. The molecule has 2 bridgehead atoms. The zero-order chi connectivity index (χ0) is 32.5. The predicted octanol–water partition coefficient (Wildman–Crippen LogP) is 7.16. The Balaban J connectivity index is 0.000000321. The summed E-state index contributed by atoms with van der Waals surface area (Å²) in [6, 6.07) is 5.08. The number of rotatable bonds is 3. The predicted molar refractivity (Wildman–Crippen MR) is 167 cm³/mol. The lowest BCUT2D eigenvalue weighted by molar-refractivity contribution is -0.137. The van der Waals surface area contributed by atoms with E-state index >= 15 is 4.39 Å². The molecule has 46 heavy (non-hydrogen) atoms. The van der Waals surface area contributed by atoms with Gasteiger partial charge in [0.15, 0.2) is 5.82 Å². The van der Waals surface area contributed by atoms with Crippen LogP contribution in [-0.4, -0.2) is 70.9 Å². The van der Waals surface area contributed by atoms with Gasteiger partial charge >= 0.3 is 12.2 Å². The van der Waals surface area contributed by atoms with Crippen LogP contribution >= 0.6 is 23.1 Å². The Morgan fingerprint density at radius 2 is 1.93 bits per heavy atom. The summed E-state index contributed by atoms with van der Waals surface area (Å²) in [6.45, 7) is 2.42. The maximum atomic E-state index is 16.3. The second kappa shape index (κ2) is 11.6. The van der Waals surface area contributed by atoms with Crippen molar-refractivity contribution in [1.29, 1.82) is 5.26 Å². The molecule has 0 aliphatic carbocycles. The van der Waals surface area contributed by atoms with Gasteiger partial charge in [-0.3, -0.25) is 4.90 Å². The fraction of sp³-hybridized carbons (Fsp3) is 0.452. The lowest BCUT2D eigenvalue weighted by Gasteiger charge is -2.29. The number of hydrogen-bond acceptors (Lipinski definition) is 9. The Kier molecular flexibility index (Phi) is 7.88. The fourth-order valence-corrected chi connectivity index (χ4v) is 9.57. The van der Waals surface area contributed by atoms with Crippen molar-refractivity contribution in [1.82, 2.24) is 14.9 Å². The molecule has 0 saturated carbocycles. The largest absolute Gasteiger partial charge is 0.467 e. The number of thiophene rings is 1. The van der Waals surface area contributed by atoms with Gasteiger partial charge in [-0.2, -0.15) is 40.2 Å². The van der Waals surface area contributed by atoms with Crippen LogP contribution in [0.25, 0.3) is 32.1 Å². The van der Waals surface area contributed by atoms with Crippen LogP contribution in [0, 0.1) is 23.0 Å². The minimum Gasteiger partial charge on any atom is -0.467 e. The standard InChI is InChI=1S/C24H16F5N5OS2.C7H12FN/c1-35-23-32-19-12(22(33-23)34-7-10-4-9(34)8-36-10)5-14(24(27,28)29)17(18(19)26)11-2-3-15(25)20-16(11)13(6-30)21(31)37-20;8-6-4-7-2-1-3-9(7)5-6/h2-3,5,9-10H,4,7-8,31H2,1H3;6-7H,1-5H2. The van der Waals surface area contributed by atoms with Gasteiger partial charge in [0.05, 0.1) is 22.9 Å². The number of anilines is 2. The molecule has 0 spiro atoms. The van der Waals surface area contributed by atoms with Crippen LogP contribution in [0.4, 0.5) is 37.2 Å². The van der Waals surface area contributed by atoms with Gasteiger partial charge < -0.3 is 15.4 Å². The maximum Gasteiger partial charge on any atom is 0.417 e. The zero-order valence-electron chi connectivity index (χ0n) is 24.5. The molecule has 7 nitrogen and oxygen atoms in total. The van der Waals surface area contributed by atoms with E-state index in [1.54, 1.807) is 11.8 Å². The Morgan fingerprint density at radius 1 is 1.13 bits per heavy atom. The van der Waals surface area contributed by atoms with Crippen molar-refractivity contribution in [3.8, 4) is 23.2 Å². The van der Waals surface area contributed by atoms with Crippen LogP contribution in [-0.2, 0) is 6.18 Å². The van der Waals surface area contributed by atoms with Gasteiger partial charge in [-0.05, 0) is 49.9 Å². The molecule has 4 saturated heterocycles. The number of alkyl halides is 4. The van der Waals surface area contributed by atoms with E-state index in [-0.39, 0.29) is 55.0 Å². The molecule has 4 atom stereocenters. The highest BCUT2D eigenvalue weighted by Gasteiger charge is 2.42. The van der Waals surface area contributed by atoms with Gasteiger partial charge in [-0.25, -0.2) is 13.2 Å². The van der Waals surface area contributed by atoms with Crippen LogP contribution in [0.15, 0.2) is 18.2 Å². The smallest absolute Gasteiger partial charge is 0.417 e. The maximum absolute atomic E-state index is 16.3. The number of ether oxygens (including phenoxy) is 1. The molecule has 2 aromatic heterocycles. The van der Waals surface area contributed by atoms with Gasteiger partial charge in [-0.15, -0.1) is 11.3 Å². The third-order valence-electron chi connectivity index (χ3n) is 9.21. The fourth-order valence-electron chi connectivity index (χ4n) is 7.18.